The Bertz CT molecular complexity index is 218. The van der Waals surface area contributed by atoms with Gasteiger partial charge in [-0.1, -0.05) is 6.08 Å². The maximum Gasteiger partial charge on any atom is 0.248 e. The number of aliphatic hydroxyl groups is 1. The van der Waals surface area contributed by atoms with Crippen LogP contribution in [0.2, 0.25) is 0 Å². The van der Waals surface area contributed by atoms with Crippen LogP contribution in [0.5, 0.6) is 0 Å². The van der Waals surface area contributed by atoms with E-state index < -0.39 is 12.0 Å². The molecule has 0 aliphatic rings. The van der Waals surface area contributed by atoms with Crippen molar-refractivity contribution in [1.29, 1.82) is 0 Å². The lowest BCUT2D eigenvalue weighted by Gasteiger charge is -2.08. The van der Waals surface area contributed by atoms with Crippen molar-refractivity contribution in [2.24, 2.45) is 5.73 Å². The van der Waals surface area contributed by atoms with E-state index in [-0.39, 0.29) is 19.0 Å². The van der Waals surface area contributed by atoms with Gasteiger partial charge in [0.2, 0.25) is 11.8 Å². The summed E-state index contributed by atoms with van der Waals surface area (Å²) in [6, 6.07) is 0. The maximum atomic E-state index is 11.0. The minimum absolute atomic E-state index is 0.109. The molecule has 0 aliphatic heterocycles. The first kappa shape index (κ1) is 12.6. The molecule has 1 unspecified atom stereocenters. The van der Waals surface area contributed by atoms with Crippen molar-refractivity contribution < 1.29 is 14.7 Å². The molecule has 0 aliphatic carbocycles. The monoisotopic (exact) mass is 201 g/mol. The van der Waals surface area contributed by atoms with Crippen LogP contribution in [0.4, 0.5) is 0 Å². The second-order valence-corrected chi connectivity index (χ2v) is 2.64. The van der Waals surface area contributed by atoms with E-state index in [1.54, 1.807) is 6.08 Å². The fourth-order valence-electron chi connectivity index (χ4n) is 0.661. The minimum Gasteiger partial charge on any atom is -0.381 e. The Balaban J connectivity index is 3.53. The van der Waals surface area contributed by atoms with Gasteiger partial charge in [0.05, 0.1) is 13.1 Å². The van der Waals surface area contributed by atoms with Crippen molar-refractivity contribution in [2.45, 2.75) is 6.10 Å². The van der Waals surface area contributed by atoms with Crippen LogP contribution in [0.3, 0.4) is 0 Å². The van der Waals surface area contributed by atoms with E-state index in [1.165, 1.54) is 0 Å². The van der Waals surface area contributed by atoms with Crippen molar-refractivity contribution in [3.05, 3.63) is 12.7 Å². The highest BCUT2D eigenvalue weighted by molar-refractivity contribution is 5.81. The van der Waals surface area contributed by atoms with Gasteiger partial charge in [-0.2, -0.15) is 0 Å². The fraction of sp³-hybridized carbons (Fsp3) is 0.500. The van der Waals surface area contributed by atoms with E-state index in [2.05, 4.69) is 17.2 Å². The van der Waals surface area contributed by atoms with Gasteiger partial charge in [0.25, 0.3) is 0 Å². The highest BCUT2D eigenvalue weighted by atomic mass is 16.3. The number of hydrogen-bond acceptors (Lipinski definition) is 4. The number of carbonyl (C=O) groups excluding carboxylic acids is 2. The fourth-order valence-corrected chi connectivity index (χ4v) is 0.661. The van der Waals surface area contributed by atoms with Crippen molar-refractivity contribution in [3.63, 3.8) is 0 Å². The molecule has 0 rings (SSSR count). The zero-order chi connectivity index (χ0) is 11.0. The molecule has 6 nitrogen and oxygen atoms in total. The average Bonchev–Trinajstić information content (AvgIpc) is 2.14. The molecule has 5 N–H and O–H groups in total. The molecule has 14 heavy (non-hydrogen) atoms. The molecular formula is C8H15N3O3. The van der Waals surface area contributed by atoms with Gasteiger partial charge in [0, 0.05) is 6.54 Å². The second-order valence-electron chi connectivity index (χ2n) is 2.64. The molecule has 0 heterocycles. The molecule has 1 atom stereocenters. The number of amides is 2. The maximum absolute atomic E-state index is 11.0. The Labute approximate surface area is 82.2 Å². The largest absolute Gasteiger partial charge is 0.381 e. The van der Waals surface area contributed by atoms with Crippen LogP contribution in [0.15, 0.2) is 12.7 Å². The smallest absolute Gasteiger partial charge is 0.248 e. The van der Waals surface area contributed by atoms with Crippen LogP contribution < -0.4 is 16.4 Å². The number of aliphatic hydroxyl groups excluding tert-OH is 1. The summed E-state index contributed by atoms with van der Waals surface area (Å²) in [4.78, 5) is 21.3. The Hall–Kier alpha value is -1.40. The van der Waals surface area contributed by atoms with Gasteiger partial charge in [0.1, 0.15) is 6.10 Å². The SMILES string of the molecule is C=CCNCC(=O)NCC(O)C(N)=O. The number of rotatable bonds is 7. The summed E-state index contributed by atoms with van der Waals surface area (Å²) in [5.41, 5.74) is 4.77. The third-order valence-electron chi connectivity index (χ3n) is 1.40. The highest BCUT2D eigenvalue weighted by Crippen LogP contribution is 1.77. The quantitative estimate of drug-likeness (QED) is 0.275. The van der Waals surface area contributed by atoms with Crippen molar-refractivity contribution >= 4 is 11.8 Å². The molecule has 0 bridgehead atoms. The Morgan fingerprint density at radius 3 is 2.71 bits per heavy atom. The molecular weight excluding hydrogens is 186 g/mol. The molecule has 0 aromatic rings. The Morgan fingerprint density at radius 1 is 1.57 bits per heavy atom. The topological polar surface area (TPSA) is 104 Å². The zero-order valence-electron chi connectivity index (χ0n) is 7.82. The number of nitrogens with two attached hydrogens (primary N) is 1. The van der Waals surface area contributed by atoms with Gasteiger partial charge in [0.15, 0.2) is 0 Å². The van der Waals surface area contributed by atoms with E-state index in [0.717, 1.165) is 0 Å². The van der Waals surface area contributed by atoms with Gasteiger partial charge in [-0.25, -0.2) is 0 Å². The molecule has 0 radical (unpaired) electrons. The standard InChI is InChI=1S/C8H15N3O3/c1-2-3-10-5-7(13)11-4-6(12)8(9)14/h2,6,10,12H,1,3-5H2,(H2,9,14)(H,11,13). The Morgan fingerprint density at radius 2 is 2.21 bits per heavy atom. The summed E-state index contributed by atoms with van der Waals surface area (Å²) < 4.78 is 0. The third kappa shape index (κ3) is 6.15. The number of primary amides is 1. The van der Waals surface area contributed by atoms with Crippen molar-refractivity contribution in [2.75, 3.05) is 19.6 Å². The summed E-state index contributed by atoms with van der Waals surface area (Å²) in [6.45, 7) is 3.93. The molecule has 0 saturated carbocycles. The average molecular weight is 201 g/mol. The molecule has 80 valence electrons. The van der Waals surface area contributed by atoms with Crippen LogP contribution in [0, 0.1) is 0 Å². The Kier molecular flexibility index (Phi) is 6.34. The van der Waals surface area contributed by atoms with E-state index in [9.17, 15) is 9.59 Å². The lowest BCUT2D eigenvalue weighted by molar-refractivity contribution is -0.126. The van der Waals surface area contributed by atoms with E-state index in [1.807, 2.05) is 0 Å². The number of hydrogen-bond donors (Lipinski definition) is 4. The van der Waals surface area contributed by atoms with Gasteiger partial charge >= 0.3 is 0 Å². The molecule has 0 spiro atoms. The summed E-state index contributed by atoms with van der Waals surface area (Å²) in [6.07, 6.45) is 0.282. The van der Waals surface area contributed by atoms with Gasteiger partial charge in [-0.05, 0) is 0 Å². The van der Waals surface area contributed by atoms with Gasteiger partial charge in [-0.3, -0.25) is 9.59 Å². The van der Waals surface area contributed by atoms with Crippen molar-refractivity contribution in [1.82, 2.24) is 10.6 Å². The first-order chi connectivity index (χ1) is 6.57. The predicted molar refractivity (Wildman–Crippen MR) is 51.3 cm³/mol. The lowest BCUT2D eigenvalue weighted by Crippen LogP contribution is -2.42. The van der Waals surface area contributed by atoms with Gasteiger partial charge < -0.3 is 21.5 Å². The highest BCUT2D eigenvalue weighted by Gasteiger charge is 2.11. The van der Waals surface area contributed by atoms with Crippen LogP contribution in [-0.4, -0.2) is 42.7 Å². The molecule has 0 saturated heterocycles. The lowest BCUT2D eigenvalue weighted by atomic mass is 10.3. The molecule has 6 heteroatoms. The summed E-state index contributed by atoms with van der Waals surface area (Å²) in [7, 11) is 0. The van der Waals surface area contributed by atoms with E-state index in [0.29, 0.717) is 6.54 Å². The second kappa shape index (κ2) is 7.05. The zero-order valence-corrected chi connectivity index (χ0v) is 7.82. The van der Waals surface area contributed by atoms with Crippen LogP contribution in [0.1, 0.15) is 0 Å². The normalized spacial score (nSPS) is 11.8. The van der Waals surface area contributed by atoms with Crippen LogP contribution in [-0.2, 0) is 9.59 Å². The molecule has 2 amide bonds. The first-order valence-electron chi connectivity index (χ1n) is 4.13. The predicted octanol–water partition coefficient (Wildman–Crippen LogP) is -2.28. The van der Waals surface area contributed by atoms with Crippen LogP contribution in [0.25, 0.3) is 0 Å². The van der Waals surface area contributed by atoms with Crippen LogP contribution >= 0.6 is 0 Å². The summed E-state index contributed by atoms with van der Waals surface area (Å²) in [5, 5.41) is 14.0. The molecule has 0 fully saturated rings. The summed E-state index contributed by atoms with van der Waals surface area (Å²) in [5.74, 6) is -1.17. The molecule has 0 aromatic carbocycles. The first-order valence-corrected chi connectivity index (χ1v) is 4.13. The van der Waals surface area contributed by atoms with Crippen molar-refractivity contribution in [3.8, 4) is 0 Å². The minimum atomic E-state index is -1.33. The van der Waals surface area contributed by atoms with E-state index in [4.69, 9.17) is 10.8 Å². The third-order valence-corrected chi connectivity index (χ3v) is 1.40. The molecule has 0 aromatic heterocycles. The number of carbonyl (C=O) groups is 2. The number of nitrogens with one attached hydrogen (secondary N) is 2. The van der Waals surface area contributed by atoms with Gasteiger partial charge in [-0.15, -0.1) is 6.58 Å². The van der Waals surface area contributed by atoms with E-state index >= 15 is 0 Å². The summed E-state index contributed by atoms with van der Waals surface area (Å²) >= 11 is 0.